The Kier molecular flexibility index (Phi) is 8.86. The van der Waals surface area contributed by atoms with Gasteiger partial charge in [0.25, 0.3) is 0 Å². The van der Waals surface area contributed by atoms with Crippen molar-refractivity contribution in [2.45, 2.75) is 44.8 Å². The van der Waals surface area contributed by atoms with Gasteiger partial charge in [0.1, 0.15) is 12.7 Å². The molecule has 0 amide bonds. The molecule has 28 heavy (non-hydrogen) atoms. The molecule has 6 heteroatoms. The van der Waals surface area contributed by atoms with Crippen molar-refractivity contribution in [1.29, 1.82) is 0 Å². The Morgan fingerprint density at radius 2 is 1.75 bits per heavy atom. The number of hydrogen-bond acceptors (Lipinski definition) is 6. The zero-order valence-corrected chi connectivity index (χ0v) is 17.3. The Balaban J connectivity index is 1.50. The molecular formula is C22H36N2O4. The van der Waals surface area contributed by atoms with Gasteiger partial charge in [0.05, 0.1) is 13.7 Å². The molecule has 158 valence electrons. The summed E-state index contributed by atoms with van der Waals surface area (Å²) in [4.78, 5) is 4.76. The first kappa shape index (κ1) is 21.4. The standard InChI is InChI=1S/C22H36N2O4/c1-26-22-15-19(16-24-11-6-13-27-14-12-24)7-8-21(22)28-18-20(25)17-23-9-4-2-3-5-10-23/h7-8,15,20,25H,2-6,9-14,16-18H2,1H3. The minimum absolute atomic E-state index is 0.287. The van der Waals surface area contributed by atoms with E-state index >= 15 is 0 Å². The van der Waals surface area contributed by atoms with Crippen LogP contribution in [-0.2, 0) is 11.3 Å². The highest BCUT2D eigenvalue weighted by molar-refractivity contribution is 5.43. The summed E-state index contributed by atoms with van der Waals surface area (Å²) in [6, 6.07) is 6.09. The van der Waals surface area contributed by atoms with Crippen molar-refractivity contribution >= 4 is 0 Å². The van der Waals surface area contributed by atoms with Crippen LogP contribution in [0.5, 0.6) is 11.5 Å². The monoisotopic (exact) mass is 392 g/mol. The summed E-state index contributed by atoms with van der Waals surface area (Å²) in [5.41, 5.74) is 1.20. The predicted octanol–water partition coefficient (Wildman–Crippen LogP) is 2.53. The molecular weight excluding hydrogens is 356 g/mol. The fourth-order valence-electron chi connectivity index (χ4n) is 4.00. The first-order chi connectivity index (χ1) is 13.7. The van der Waals surface area contributed by atoms with E-state index in [0.29, 0.717) is 12.3 Å². The summed E-state index contributed by atoms with van der Waals surface area (Å²) in [7, 11) is 1.67. The number of likely N-dealkylation sites (tertiary alicyclic amines) is 1. The predicted molar refractivity (Wildman–Crippen MR) is 110 cm³/mol. The van der Waals surface area contributed by atoms with E-state index in [-0.39, 0.29) is 6.61 Å². The lowest BCUT2D eigenvalue weighted by Gasteiger charge is -2.23. The van der Waals surface area contributed by atoms with Crippen LogP contribution >= 0.6 is 0 Å². The van der Waals surface area contributed by atoms with Crippen molar-refractivity contribution in [3.8, 4) is 11.5 Å². The molecule has 0 saturated carbocycles. The number of ether oxygens (including phenoxy) is 3. The summed E-state index contributed by atoms with van der Waals surface area (Å²) < 4.78 is 17.0. The van der Waals surface area contributed by atoms with Crippen LogP contribution in [0.25, 0.3) is 0 Å². The summed E-state index contributed by atoms with van der Waals surface area (Å²) in [5, 5.41) is 10.4. The maximum Gasteiger partial charge on any atom is 0.161 e. The van der Waals surface area contributed by atoms with Crippen molar-refractivity contribution in [3.05, 3.63) is 23.8 Å². The fraction of sp³-hybridized carbons (Fsp3) is 0.727. The van der Waals surface area contributed by atoms with E-state index < -0.39 is 6.10 Å². The number of β-amino-alcohol motifs (C(OH)–C–C–N with tert-alkyl or cyclic N) is 1. The lowest BCUT2D eigenvalue weighted by atomic mass is 10.2. The number of aliphatic hydroxyl groups excluding tert-OH is 1. The van der Waals surface area contributed by atoms with Gasteiger partial charge in [-0.25, -0.2) is 0 Å². The van der Waals surface area contributed by atoms with Gasteiger partial charge in [-0.2, -0.15) is 0 Å². The third-order valence-electron chi connectivity index (χ3n) is 5.55. The number of rotatable bonds is 8. The number of nitrogens with zero attached hydrogens (tertiary/aromatic N) is 2. The second kappa shape index (κ2) is 11.6. The van der Waals surface area contributed by atoms with Crippen LogP contribution in [0.4, 0.5) is 0 Å². The summed E-state index contributed by atoms with van der Waals surface area (Å²) in [6.07, 6.45) is 5.65. The number of benzene rings is 1. The van der Waals surface area contributed by atoms with Crippen molar-refractivity contribution < 1.29 is 19.3 Å². The maximum absolute atomic E-state index is 10.4. The molecule has 0 aromatic heterocycles. The third kappa shape index (κ3) is 6.92. The van der Waals surface area contributed by atoms with Gasteiger partial charge < -0.3 is 24.2 Å². The molecule has 6 nitrogen and oxygen atoms in total. The molecule has 0 aliphatic carbocycles. The van der Waals surface area contributed by atoms with Gasteiger partial charge >= 0.3 is 0 Å². The van der Waals surface area contributed by atoms with Gasteiger partial charge in [-0.3, -0.25) is 4.90 Å². The lowest BCUT2D eigenvalue weighted by Crippen LogP contribution is -2.36. The number of hydrogen-bond donors (Lipinski definition) is 1. The van der Waals surface area contributed by atoms with Crippen molar-refractivity contribution in [3.63, 3.8) is 0 Å². The molecule has 0 radical (unpaired) electrons. The van der Waals surface area contributed by atoms with Crippen LogP contribution in [0.1, 0.15) is 37.7 Å². The second-order valence-electron chi connectivity index (χ2n) is 7.91. The van der Waals surface area contributed by atoms with E-state index in [1.807, 2.05) is 12.1 Å². The summed E-state index contributed by atoms with van der Waals surface area (Å²) in [5.74, 6) is 1.42. The van der Waals surface area contributed by atoms with Gasteiger partial charge in [0.2, 0.25) is 0 Å². The molecule has 1 aromatic carbocycles. The zero-order chi connectivity index (χ0) is 19.6. The molecule has 2 heterocycles. The van der Waals surface area contributed by atoms with Crippen LogP contribution < -0.4 is 9.47 Å². The van der Waals surface area contributed by atoms with E-state index in [9.17, 15) is 5.11 Å². The smallest absolute Gasteiger partial charge is 0.161 e. The largest absolute Gasteiger partial charge is 0.493 e. The average Bonchev–Trinajstić information content (AvgIpc) is 3.12. The number of methoxy groups -OCH3 is 1. The molecule has 1 aromatic rings. The SMILES string of the molecule is COc1cc(CN2CCCOCC2)ccc1OCC(O)CN1CCCCCC1. The summed E-state index contributed by atoms with van der Waals surface area (Å²) in [6.45, 7) is 7.68. The van der Waals surface area contributed by atoms with Crippen molar-refractivity contribution in [2.24, 2.45) is 0 Å². The van der Waals surface area contributed by atoms with E-state index in [1.165, 1.54) is 31.2 Å². The Morgan fingerprint density at radius 1 is 0.964 bits per heavy atom. The van der Waals surface area contributed by atoms with E-state index in [1.54, 1.807) is 7.11 Å². The maximum atomic E-state index is 10.4. The van der Waals surface area contributed by atoms with Gasteiger partial charge in [-0.15, -0.1) is 0 Å². The average molecular weight is 393 g/mol. The molecule has 1 unspecified atom stereocenters. The van der Waals surface area contributed by atoms with Crippen LogP contribution in [0.3, 0.4) is 0 Å². The molecule has 1 N–H and O–H groups in total. The highest BCUT2D eigenvalue weighted by Crippen LogP contribution is 2.29. The minimum Gasteiger partial charge on any atom is -0.493 e. The zero-order valence-electron chi connectivity index (χ0n) is 17.3. The number of aliphatic hydroxyl groups is 1. The first-order valence-electron chi connectivity index (χ1n) is 10.7. The minimum atomic E-state index is -0.486. The molecule has 2 aliphatic rings. The lowest BCUT2D eigenvalue weighted by molar-refractivity contribution is 0.0683. The topological polar surface area (TPSA) is 54.4 Å². The first-order valence-corrected chi connectivity index (χ1v) is 10.7. The Morgan fingerprint density at radius 3 is 2.54 bits per heavy atom. The van der Waals surface area contributed by atoms with Gasteiger partial charge in [0, 0.05) is 32.8 Å². The van der Waals surface area contributed by atoms with Crippen LogP contribution in [-0.4, -0.2) is 80.7 Å². The van der Waals surface area contributed by atoms with Crippen LogP contribution in [0.15, 0.2) is 18.2 Å². The third-order valence-corrected chi connectivity index (χ3v) is 5.55. The van der Waals surface area contributed by atoms with Crippen molar-refractivity contribution in [1.82, 2.24) is 9.80 Å². The molecule has 2 aliphatic heterocycles. The Hall–Kier alpha value is -1.34. The van der Waals surface area contributed by atoms with Crippen LogP contribution in [0, 0.1) is 0 Å². The molecule has 2 fully saturated rings. The molecule has 0 bridgehead atoms. The highest BCUT2D eigenvalue weighted by Gasteiger charge is 2.16. The van der Waals surface area contributed by atoms with E-state index in [2.05, 4.69) is 15.9 Å². The molecule has 1 atom stereocenters. The quantitative estimate of drug-likeness (QED) is 0.734. The van der Waals surface area contributed by atoms with Gasteiger partial charge in [0.15, 0.2) is 11.5 Å². The fourth-order valence-corrected chi connectivity index (χ4v) is 4.00. The van der Waals surface area contributed by atoms with Gasteiger partial charge in [-0.1, -0.05) is 18.9 Å². The Bertz CT molecular complexity index is 568. The van der Waals surface area contributed by atoms with Crippen LogP contribution in [0.2, 0.25) is 0 Å². The molecule has 3 rings (SSSR count). The molecule has 0 spiro atoms. The second-order valence-corrected chi connectivity index (χ2v) is 7.91. The highest BCUT2D eigenvalue weighted by atomic mass is 16.5. The van der Waals surface area contributed by atoms with E-state index in [0.717, 1.165) is 58.1 Å². The molecule has 2 saturated heterocycles. The van der Waals surface area contributed by atoms with E-state index in [4.69, 9.17) is 14.2 Å². The van der Waals surface area contributed by atoms with Gasteiger partial charge in [-0.05, 0) is 50.0 Å². The van der Waals surface area contributed by atoms with Crippen molar-refractivity contribution in [2.75, 3.05) is 59.7 Å². The Labute approximate surface area is 169 Å². The normalized spacial score (nSPS) is 20.9. The summed E-state index contributed by atoms with van der Waals surface area (Å²) >= 11 is 0.